The molecule has 0 amide bonds. The molecular weight excluding hydrogens is 312 g/mol. The molecule has 2 rings (SSSR count). The van der Waals surface area contributed by atoms with E-state index < -0.39 is 0 Å². The second kappa shape index (κ2) is 10.7. The summed E-state index contributed by atoms with van der Waals surface area (Å²) in [6.45, 7) is 10.2. The van der Waals surface area contributed by atoms with Crippen molar-refractivity contribution in [1.82, 2.24) is 9.80 Å². The number of methoxy groups -OCH3 is 1. The Hall–Kier alpha value is -1.26. The van der Waals surface area contributed by atoms with Crippen molar-refractivity contribution in [3.63, 3.8) is 0 Å². The smallest absolute Gasteiger partial charge is 0.160 e. The first-order valence-electron chi connectivity index (χ1n) is 9.99. The van der Waals surface area contributed by atoms with Gasteiger partial charge in [-0.15, -0.1) is 0 Å². The average Bonchev–Trinajstić information content (AvgIpc) is 2.62. The van der Waals surface area contributed by atoms with Crippen molar-refractivity contribution in [3.8, 4) is 11.5 Å². The van der Waals surface area contributed by atoms with E-state index in [1.54, 1.807) is 13.2 Å². The summed E-state index contributed by atoms with van der Waals surface area (Å²) in [4.78, 5) is 5.21. The Bertz CT molecular complexity index is 489. The van der Waals surface area contributed by atoms with Crippen LogP contribution in [0.1, 0.15) is 63.9 Å². The van der Waals surface area contributed by atoms with E-state index in [-0.39, 0.29) is 5.75 Å². The highest BCUT2D eigenvalue weighted by Gasteiger charge is 2.26. The predicted octanol–water partition coefficient (Wildman–Crippen LogP) is 4.44. The van der Waals surface area contributed by atoms with E-state index >= 15 is 0 Å². The minimum atomic E-state index is 0.224. The van der Waals surface area contributed by atoms with Gasteiger partial charge in [-0.05, 0) is 43.6 Å². The fraction of sp³-hybridized carbons (Fsp3) is 0.714. The van der Waals surface area contributed by atoms with E-state index in [0.717, 1.165) is 19.8 Å². The van der Waals surface area contributed by atoms with Crippen LogP contribution in [-0.2, 0) is 0 Å². The molecule has 25 heavy (non-hydrogen) atoms. The molecule has 0 saturated carbocycles. The number of ether oxygens (including phenoxy) is 1. The maximum absolute atomic E-state index is 9.88. The fourth-order valence-corrected chi connectivity index (χ4v) is 3.73. The molecule has 0 unspecified atom stereocenters. The summed E-state index contributed by atoms with van der Waals surface area (Å²) in [6, 6.07) is 5.84. The molecule has 0 radical (unpaired) electrons. The highest BCUT2D eigenvalue weighted by atomic mass is 16.5. The maximum atomic E-state index is 9.88. The number of rotatable bonds is 10. The number of hydrogen-bond donors (Lipinski definition) is 1. The summed E-state index contributed by atoms with van der Waals surface area (Å²) < 4.78 is 5.31. The van der Waals surface area contributed by atoms with Gasteiger partial charge < -0.3 is 9.84 Å². The van der Waals surface area contributed by atoms with Crippen LogP contribution in [0.5, 0.6) is 11.5 Å². The summed E-state index contributed by atoms with van der Waals surface area (Å²) in [7, 11) is 1.62. The van der Waals surface area contributed by atoms with Gasteiger partial charge in [-0.3, -0.25) is 9.80 Å². The van der Waals surface area contributed by atoms with E-state index in [9.17, 15) is 5.11 Å². The molecule has 1 heterocycles. The Morgan fingerprint density at radius 3 is 2.12 bits per heavy atom. The van der Waals surface area contributed by atoms with Crippen LogP contribution in [0.15, 0.2) is 18.2 Å². The van der Waals surface area contributed by atoms with Crippen molar-refractivity contribution in [2.75, 3.05) is 40.0 Å². The number of hydrogen-bond acceptors (Lipinski definition) is 4. The quantitative estimate of drug-likeness (QED) is 0.634. The van der Waals surface area contributed by atoms with Gasteiger partial charge in [0.05, 0.1) is 13.8 Å². The molecular formula is C21H36N2O2. The molecule has 142 valence electrons. The SMILES string of the molecule is CCCCCN1CC(c2ccc(O)c(OC)c2)CN(CCCCC)C1. The zero-order valence-corrected chi connectivity index (χ0v) is 16.3. The largest absolute Gasteiger partial charge is 0.504 e. The Kier molecular flexibility index (Phi) is 8.56. The number of unbranched alkanes of at least 4 members (excludes halogenated alkanes) is 4. The lowest BCUT2D eigenvalue weighted by molar-refractivity contribution is 0.0684. The van der Waals surface area contributed by atoms with Crippen LogP contribution in [0.2, 0.25) is 0 Å². The van der Waals surface area contributed by atoms with Crippen LogP contribution in [0.25, 0.3) is 0 Å². The lowest BCUT2D eigenvalue weighted by Gasteiger charge is -2.40. The normalized spacial score (nSPS) is 17.1. The number of phenols is 1. The van der Waals surface area contributed by atoms with E-state index in [0.29, 0.717) is 11.7 Å². The highest BCUT2D eigenvalue weighted by molar-refractivity contribution is 5.43. The Labute approximate surface area is 153 Å². The third kappa shape index (κ3) is 6.19. The van der Waals surface area contributed by atoms with Gasteiger partial charge in [0.25, 0.3) is 0 Å². The van der Waals surface area contributed by atoms with E-state index in [2.05, 4.69) is 29.7 Å². The van der Waals surface area contributed by atoms with Crippen molar-refractivity contribution < 1.29 is 9.84 Å². The monoisotopic (exact) mass is 348 g/mol. The second-order valence-electron chi connectivity index (χ2n) is 7.34. The molecule has 0 bridgehead atoms. The molecule has 0 aliphatic carbocycles. The number of phenolic OH excluding ortho intramolecular Hbond substituents is 1. The first kappa shape index (κ1) is 20.1. The van der Waals surface area contributed by atoms with Gasteiger partial charge in [-0.2, -0.15) is 0 Å². The molecule has 4 nitrogen and oxygen atoms in total. The Morgan fingerprint density at radius 2 is 1.60 bits per heavy atom. The molecule has 1 aromatic carbocycles. The number of aromatic hydroxyl groups is 1. The lowest BCUT2D eigenvalue weighted by atomic mass is 9.95. The molecule has 1 aromatic rings. The molecule has 1 saturated heterocycles. The van der Waals surface area contributed by atoms with Crippen molar-refractivity contribution in [3.05, 3.63) is 23.8 Å². The molecule has 0 spiro atoms. The topological polar surface area (TPSA) is 35.9 Å². The Morgan fingerprint density at radius 1 is 1.00 bits per heavy atom. The number of benzene rings is 1. The van der Waals surface area contributed by atoms with Gasteiger partial charge in [0.15, 0.2) is 11.5 Å². The van der Waals surface area contributed by atoms with Crippen molar-refractivity contribution in [2.45, 2.75) is 58.3 Å². The number of nitrogens with zero attached hydrogens (tertiary/aromatic N) is 2. The van der Waals surface area contributed by atoms with Gasteiger partial charge >= 0.3 is 0 Å². The average molecular weight is 349 g/mol. The maximum Gasteiger partial charge on any atom is 0.160 e. The van der Waals surface area contributed by atoms with Crippen molar-refractivity contribution >= 4 is 0 Å². The van der Waals surface area contributed by atoms with Crippen LogP contribution in [0, 0.1) is 0 Å². The molecule has 0 atom stereocenters. The van der Waals surface area contributed by atoms with Crippen LogP contribution in [-0.4, -0.2) is 54.9 Å². The lowest BCUT2D eigenvalue weighted by Crippen LogP contribution is -2.49. The standard InChI is InChI=1S/C21H36N2O2/c1-4-6-8-12-22-15-19(16-23(17-22)13-9-7-5-2)18-10-11-20(24)21(14-18)25-3/h10-11,14,19,24H,4-9,12-13,15-17H2,1-3H3. The van der Waals surface area contributed by atoms with E-state index in [1.165, 1.54) is 57.2 Å². The fourth-order valence-electron chi connectivity index (χ4n) is 3.73. The molecule has 0 aromatic heterocycles. The van der Waals surface area contributed by atoms with Gasteiger partial charge in [0.2, 0.25) is 0 Å². The van der Waals surface area contributed by atoms with Crippen LogP contribution >= 0.6 is 0 Å². The summed E-state index contributed by atoms with van der Waals surface area (Å²) in [6.07, 6.45) is 7.73. The second-order valence-corrected chi connectivity index (χ2v) is 7.34. The van der Waals surface area contributed by atoms with Gasteiger partial charge in [-0.25, -0.2) is 0 Å². The van der Waals surface area contributed by atoms with Gasteiger partial charge in [-0.1, -0.05) is 45.6 Å². The highest BCUT2D eigenvalue weighted by Crippen LogP contribution is 2.32. The van der Waals surface area contributed by atoms with E-state index in [4.69, 9.17) is 4.74 Å². The van der Waals surface area contributed by atoms with E-state index in [1.807, 2.05) is 6.07 Å². The zero-order chi connectivity index (χ0) is 18.1. The summed E-state index contributed by atoms with van der Waals surface area (Å²) in [5.41, 5.74) is 1.27. The summed E-state index contributed by atoms with van der Waals surface area (Å²) >= 11 is 0. The minimum absolute atomic E-state index is 0.224. The molecule has 1 fully saturated rings. The van der Waals surface area contributed by atoms with Crippen molar-refractivity contribution in [2.24, 2.45) is 0 Å². The third-order valence-electron chi connectivity index (χ3n) is 5.19. The molecule has 4 heteroatoms. The van der Waals surface area contributed by atoms with Crippen LogP contribution in [0.4, 0.5) is 0 Å². The summed E-state index contributed by atoms with van der Waals surface area (Å²) in [5, 5.41) is 9.88. The predicted molar refractivity (Wildman–Crippen MR) is 104 cm³/mol. The van der Waals surface area contributed by atoms with Crippen LogP contribution < -0.4 is 4.74 Å². The van der Waals surface area contributed by atoms with Crippen molar-refractivity contribution in [1.29, 1.82) is 0 Å². The molecule has 1 aliphatic heterocycles. The minimum Gasteiger partial charge on any atom is -0.504 e. The summed E-state index contributed by atoms with van der Waals surface area (Å²) in [5.74, 6) is 1.28. The van der Waals surface area contributed by atoms with Gasteiger partial charge in [0, 0.05) is 19.0 Å². The van der Waals surface area contributed by atoms with Crippen LogP contribution in [0.3, 0.4) is 0 Å². The molecule has 1 aliphatic rings. The van der Waals surface area contributed by atoms with Gasteiger partial charge in [0.1, 0.15) is 0 Å². The first-order valence-corrected chi connectivity index (χ1v) is 9.99. The molecule has 1 N–H and O–H groups in total. The third-order valence-corrected chi connectivity index (χ3v) is 5.19. The zero-order valence-electron chi connectivity index (χ0n) is 16.3. The first-order chi connectivity index (χ1) is 12.2. The Balaban J connectivity index is 2.05.